The highest BCUT2D eigenvalue weighted by molar-refractivity contribution is 8.01. The van der Waals surface area contributed by atoms with Gasteiger partial charge in [0.1, 0.15) is 6.04 Å². The number of piperidine rings is 1. The van der Waals surface area contributed by atoms with Crippen molar-refractivity contribution >= 4 is 34.1 Å². The summed E-state index contributed by atoms with van der Waals surface area (Å²) in [5, 5.41) is 11.9. The lowest BCUT2D eigenvalue weighted by atomic mass is 10.0. The van der Waals surface area contributed by atoms with Gasteiger partial charge in [0.25, 0.3) is 0 Å². The number of rotatable bonds is 4. The summed E-state index contributed by atoms with van der Waals surface area (Å²) in [5.74, 6) is 1.46. The molecular weight excluding hydrogens is 324 g/mol. The third kappa shape index (κ3) is 3.38. The second kappa shape index (κ2) is 6.61. The fraction of sp³-hybridized carbons (Fsp3) is 0.583. The van der Waals surface area contributed by atoms with Gasteiger partial charge in [-0.1, -0.05) is 28.3 Å². The van der Waals surface area contributed by atoms with Gasteiger partial charge in [0, 0.05) is 6.54 Å². The molecule has 2 N–H and O–H groups in total. The number of nitrogen functional groups attached to an aromatic ring is 1. The summed E-state index contributed by atoms with van der Waals surface area (Å²) in [6.45, 7) is 2.49. The average molecular weight is 340 g/mol. The third-order valence-electron chi connectivity index (χ3n) is 3.39. The van der Waals surface area contributed by atoms with E-state index in [4.69, 9.17) is 10.3 Å². The van der Waals surface area contributed by atoms with Crippen LogP contribution >= 0.6 is 23.1 Å². The smallest absolute Gasteiger partial charge is 0.249 e. The molecule has 1 amide bonds. The van der Waals surface area contributed by atoms with E-state index in [2.05, 4.69) is 20.3 Å². The summed E-state index contributed by atoms with van der Waals surface area (Å²) in [5.41, 5.74) is 5.54. The van der Waals surface area contributed by atoms with Crippen LogP contribution in [0.1, 0.15) is 37.0 Å². The minimum Gasteiger partial charge on any atom is -0.374 e. The summed E-state index contributed by atoms with van der Waals surface area (Å²) < 4.78 is 5.95. The Bertz CT molecular complexity index is 658. The Morgan fingerprint density at radius 1 is 1.50 bits per heavy atom. The number of thioether (sulfide) groups is 1. The van der Waals surface area contributed by atoms with Crippen LogP contribution in [0.15, 0.2) is 8.86 Å². The van der Waals surface area contributed by atoms with E-state index in [1.54, 1.807) is 6.92 Å². The van der Waals surface area contributed by atoms with Crippen molar-refractivity contribution < 1.29 is 9.32 Å². The zero-order valence-corrected chi connectivity index (χ0v) is 13.7. The van der Waals surface area contributed by atoms with Gasteiger partial charge in [0.05, 0.1) is 5.75 Å². The molecule has 1 aliphatic rings. The number of anilines is 1. The molecule has 10 heteroatoms. The molecule has 1 fully saturated rings. The van der Waals surface area contributed by atoms with Crippen LogP contribution in [0, 0.1) is 6.92 Å². The molecule has 8 nitrogen and oxygen atoms in total. The maximum atomic E-state index is 12.5. The second-order valence-electron chi connectivity index (χ2n) is 4.97. The Labute approximate surface area is 135 Å². The lowest BCUT2D eigenvalue weighted by molar-refractivity contribution is -0.132. The summed E-state index contributed by atoms with van der Waals surface area (Å²) in [6, 6.07) is -0.123. The van der Waals surface area contributed by atoms with Crippen LogP contribution in [0.4, 0.5) is 5.13 Å². The molecule has 2 aromatic heterocycles. The van der Waals surface area contributed by atoms with Crippen LogP contribution in [-0.4, -0.2) is 43.4 Å². The number of aromatic nitrogens is 4. The lowest BCUT2D eigenvalue weighted by Gasteiger charge is -2.33. The first-order valence-electron chi connectivity index (χ1n) is 6.95. The molecule has 0 radical (unpaired) electrons. The highest BCUT2D eigenvalue weighted by Gasteiger charge is 2.31. The van der Waals surface area contributed by atoms with E-state index in [0.29, 0.717) is 33.5 Å². The Morgan fingerprint density at radius 2 is 2.36 bits per heavy atom. The van der Waals surface area contributed by atoms with Crippen LogP contribution < -0.4 is 5.73 Å². The maximum absolute atomic E-state index is 12.5. The third-order valence-corrected chi connectivity index (χ3v) is 5.26. The van der Waals surface area contributed by atoms with Gasteiger partial charge in [0.2, 0.25) is 16.9 Å². The monoisotopic (exact) mass is 340 g/mol. The topological polar surface area (TPSA) is 111 Å². The number of nitrogens with two attached hydrogens (primary N) is 1. The molecule has 0 saturated carbocycles. The first-order chi connectivity index (χ1) is 10.6. The molecule has 1 atom stereocenters. The van der Waals surface area contributed by atoms with Gasteiger partial charge < -0.3 is 15.2 Å². The highest BCUT2D eigenvalue weighted by atomic mass is 32.2. The summed E-state index contributed by atoms with van der Waals surface area (Å²) in [7, 11) is 0. The van der Waals surface area contributed by atoms with Crippen molar-refractivity contribution in [1.29, 1.82) is 0 Å². The van der Waals surface area contributed by atoms with Gasteiger partial charge in [-0.3, -0.25) is 4.79 Å². The van der Waals surface area contributed by atoms with E-state index in [1.807, 2.05) is 4.90 Å². The average Bonchev–Trinajstić information content (AvgIpc) is 3.13. The van der Waals surface area contributed by atoms with Crippen molar-refractivity contribution in [3.05, 3.63) is 11.7 Å². The molecule has 118 valence electrons. The molecule has 0 bridgehead atoms. The molecule has 1 aliphatic heterocycles. The molecule has 0 unspecified atom stereocenters. The molecule has 22 heavy (non-hydrogen) atoms. The van der Waals surface area contributed by atoms with Crippen LogP contribution in [0.25, 0.3) is 0 Å². The van der Waals surface area contributed by atoms with Crippen LogP contribution in [0.3, 0.4) is 0 Å². The fourth-order valence-corrected chi connectivity index (χ4v) is 3.94. The lowest BCUT2D eigenvalue weighted by Crippen LogP contribution is -2.39. The molecular formula is C12H16N6O2S2. The zero-order valence-electron chi connectivity index (χ0n) is 12.1. The van der Waals surface area contributed by atoms with Gasteiger partial charge in [0.15, 0.2) is 10.2 Å². The number of carbonyl (C=O) groups is 1. The van der Waals surface area contributed by atoms with Gasteiger partial charge >= 0.3 is 0 Å². The minimum atomic E-state index is -0.123. The Morgan fingerprint density at radius 3 is 3.05 bits per heavy atom. The van der Waals surface area contributed by atoms with Crippen molar-refractivity contribution in [1.82, 2.24) is 25.2 Å². The van der Waals surface area contributed by atoms with E-state index < -0.39 is 0 Å². The molecule has 0 aromatic carbocycles. The molecule has 0 aliphatic carbocycles. The number of carbonyl (C=O) groups excluding carboxylic acids is 1. The molecule has 0 spiro atoms. The Kier molecular flexibility index (Phi) is 4.57. The number of hydrogen-bond donors (Lipinski definition) is 1. The van der Waals surface area contributed by atoms with Crippen molar-refractivity contribution in [2.24, 2.45) is 0 Å². The summed E-state index contributed by atoms with van der Waals surface area (Å²) in [6.07, 6.45) is 2.89. The second-order valence-corrected chi connectivity index (χ2v) is 7.20. The fourth-order valence-electron chi connectivity index (χ4n) is 2.42. The normalized spacial score (nSPS) is 18.6. The number of likely N-dealkylation sites (tertiary alicyclic amines) is 1. The maximum Gasteiger partial charge on any atom is 0.249 e. The van der Waals surface area contributed by atoms with E-state index in [1.165, 1.54) is 23.1 Å². The van der Waals surface area contributed by atoms with Gasteiger partial charge in [-0.05, 0) is 26.2 Å². The van der Waals surface area contributed by atoms with E-state index in [0.717, 1.165) is 19.3 Å². The van der Waals surface area contributed by atoms with Crippen LogP contribution in [0.2, 0.25) is 0 Å². The molecule has 3 heterocycles. The van der Waals surface area contributed by atoms with Crippen molar-refractivity contribution in [2.45, 2.75) is 36.6 Å². The number of hydrogen-bond acceptors (Lipinski definition) is 9. The van der Waals surface area contributed by atoms with Gasteiger partial charge in [-0.2, -0.15) is 4.98 Å². The predicted octanol–water partition coefficient (Wildman–Crippen LogP) is 1.66. The summed E-state index contributed by atoms with van der Waals surface area (Å²) >= 11 is 2.64. The molecule has 1 saturated heterocycles. The van der Waals surface area contributed by atoms with Gasteiger partial charge in [-0.15, -0.1) is 10.2 Å². The summed E-state index contributed by atoms with van der Waals surface area (Å²) in [4.78, 5) is 18.6. The number of amides is 1. The van der Waals surface area contributed by atoms with Crippen molar-refractivity contribution in [2.75, 3.05) is 18.0 Å². The standard InChI is InChI=1S/C12H16N6O2S2/c1-7-14-10(20-17-7)8-4-2-3-5-18(8)9(19)6-21-12-16-15-11(13)22-12/h8H,2-6H2,1H3,(H2,13,15)/t8-/m1/s1. The Hall–Kier alpha value is -1.68. The van der Waals surface area contributed by atoms with Crippen LogP contribution in [0.5, 0.6) is 0 Å². The predicted molar refractivity (Wildman–Crippen MR) is 82.4 cm³/mol. The van der Waals surface area contributed by atoms with E-state index >= 15 is 0 Å². The number of aryl methyl sites for hydroxylation is 1. The largest absolute Gasteiger partial charge is 0.374 e. The van der Waals surface area contributed by atoms with E-state index in [9.17, 15) is 4.79 Å². The minimum absolute atomic E-state index is 0.0410. The first-order valence-corrected chi connectivity index (χ1v) is 8.75. The molecule has 2 aromatic rings. The highest BCUT2D eigenvalue weighted by Crippen LogP contribution is 2.31. The quantitative estimate of drug-likeness (QED) is 0.836. The zero-order chi connectivity index (χ0) is 15.5. The van der Waals surface area contributed by atoms with Crippen LogP contribution in [-0.2, 0) is 4.79 Å². The SMILES string of the molecule is Cc1noc([C@H]2CCCCN2C(=O)CSc2nnc(N)s2)n1. The van der Waals surface area contributed by atoms with Crippen molar-refractivity contribution in [3.63, 3.8) is 0 Å². The Balaban J connectivity index is 1.66. The molecule has 3 rings (SSSR count). The van der Waals surface area contributed by atoms with Crippen molar-refractivity contribution in [3.8, 4) is 0 Å². The van der Waals surface area contributed by atoms with E-state index in [-0.39, 0.29) is 11.9 Å². The first kappa shape index (κ1) is 15.2. The van der Waals surface area contributed by atoms with Gasteiger partial charge in [-0.25, -0.2) is 0 Å². The number of nitrogens with zero attached hydrogens (tertiary/aromatic N) is 5.